The van der Waals surface area contributed by atoms with Crippen LogP contribution in [0.25, 0.3) is 0 Å². The normalized spacial score (nSPS) is 23.2. The molecule has 106 valence electrons. The molecule has 3 heteroatoms. The molecule has 1 fully saturated rings. The highest BCUT2D eigenvalue weighted by Gasteiger charge is 2.27. The Morgan fingerprint density at radius 3 is 2.58 bits per heavy atom. The summed E-state index contributed by atoms with van der Waals surface area (Å²) in [5.74, 6) is -0.229. The molecule has 0 aliphatic heterocycles. The first-order valence-electron chi connectivity index (χ1n) is 7.23. The zero-order valence-corrected chi connectivity index (χ0v) is 11.8. The van der Waals surface area contributed by atoms with Crippen LogP contribution in [0.1, 0.15) is 38.7 Å². The van der Waals surface area contributed by atoms with E-state index in [1.807, 2.05) is 0 Å². The lowest BCUT2D eigenvalue weighted by molar-refractivity contribution is 0.353. The van der Waals surface area contributed by atoms with Gasteiger partial charge in [-0.3, -0.25) is 0 Å². The first kappa shape index (κ1) is 14.4. The molecule has 1 aliphatic rings. The molecule has 1 aliphatic carbocycles. The van der Waals surface area contributed by atoms with Crippen LogP contribution in [-0.2, 0) is 6.42 Å². The van der Waals surface area contributed by atoms with Gasteiger partial charge in [0, 0.05) is 6.04 Å². The van der Waals surface area contributed by atoms with E-state index in [4.69, 9.17) is 0 Å². The number of benzene rings is 1. The zero-order chi connectivity index (χ0) is 13.8. The number of nitrogens with one attached hydrogen (secondary N) is 1. The minimum Gasteiger partial charge on any atom is -0.314 e. The highest BCUT2D eigenvalue weighted by atomic mass is 19.2. The number of hydrogen-bond acceptors (Lipinski definition) is 1. The number of hydrogen-bond donors (Lipinski definition) is 1. The summed E-state index contributed by atoms with van der Waals surface area (Å²) in [6, 6.07) is 4.80. The molecular weight excluding hydrogens is 244 g/mol. The summed E-state index contributed by atoms with van der Waals surface area (Å²) in [4.78, 5) is 0. The van der Waals surface area contributed by atoms with Crippen molar-refractivity contribution in [2.24, 2.45) is 11.8 Å². The molecule has 2 rings (SSSR count). The maximum absolute atomic E-state index is 13.2. The first-order chi connectivity index (χ1) is 9.06. The van der Waals surface area contributed by atoms with Crippen molar-refractivity contribution in [2.45, 2.75) is 45.6 Å². The number of rotatable bonds is 5. The highest BCUT2D eigenvalue weighted by molar-refractivity contribution is 5.18. The van der Waals surface area contributed by atoms with Crippen molar-refractivity contribution in [3.63, 3.8) is 0 Å². The van der Waals surface area contributed by atoms with Gasteiger partial charge in [-0.1, -0.05) is 26.3 Å². The third kappa shape index (κ3) is 4.00. The van der Waals surface area contributed by atoms with Crippen LogP contribution >= 0.6 is 0 Å². The maximum Gasteiger partial charge on any atom is 0.159 e. The Balaban J connectivity index is 1.95. The van der Waals surface area contributed by atoms with Crippen LogP contribution in [0.2, 0.25) is 0 Å². The molecule has 0 heterocycles. The van der Waals surface area contributed by atoms with Crippen molar-refractivity contribution >= 4 is 0 Å². The average molecular weight is 267 g/mol. The minimum absolute atomic E-state index is 0.504. The molecule has 2 unspecified atom stereocenters. The van der Waals surface area contributed by atoms with Gasteiger partial charge >= 0.3 is 0 Å². The smallest absolute Gasteiger partial charge is 0.159 e. The Morgan fingerprint density at radius 2 is 1.89 bits per heavy atom. The van der Waals surface area contributed by atoms with Gasteiger partial charge in [-0.25, -0.2) is 8.78 Å². The van der Waals surface area contributed by atoms with E-state index in [-0.39, 0.29) is 0 Å². The van der Waals surface area contributed by atoms with E-state index in [2.05, 4.69) is 19.2 Å². The summed E-state index contributed by atoms with van der Waals surface area (Å²) < 4.78 is 26.1. The summed E-state index contributed by atoms with van der Waals surface area (Å²) in [7, 11) is 0. The van der Waals surface area contributed by atoms with Crippen LogP contribution in [-0.4, -0.2) is 12.6 Å². The van der Waals surface area contributed by atoms with E-state index >= 15 is 0 Å². The largest absolute Gasteiger partial charge is 0.314 e. The third-order valence-corrected chi connectivity index (χ3v) is 4.09. The van der Waals surface area contributed by atoms with Crippen LogP contribution in [0.4, 0.5) is 8.78 Å². The Labute approximate surface area is 114 Å². The third-order valence-electron chi connectivity index (χ3n) is 4.09. The van der Waals surface area contributed by atoms with E-state index < -0.39 is 11.6 Å². The molecule has 1 aromatic rings. The van der Waals surface area contributed by atoms with E-state index in [0.717, 1.165) is 18.5 Å². The van der Waals surface area contributed by atoms with Gasteiger partial charge < -0.3 is 5.32 Å². The highest BCUT2D eigenvalue weighted by Crippen LogP contribution is 2.34. The summed E-state index contributed by atoms with van der Waals surface area (Å²) in [5.41, 5.74) is 0.917. The van der Waals surface area contributed by atoms with Crippen LogP contribution < -0.4 is 5.32 Å². The zero-order valence-electron chi connectivity index (χ0n) is 11.8. The van der Waals surface area contributed by atoms with E-state index in [1.54, 1.807) is 6.07 Å². The molecule has 1 nitrogen and oxygen atoms in total. The van der Waals surface area contributed by atoms with Crippen molar-refractivity contribution in [1.82, 2.24) is 5.32 Å². The SMILES string of the molecule is CC(C)NCC1CCCC1Cc1ccc(F)c(F)c1. The maximum atomic E-state index is 13.2. The van der Waals surface area contributed by atoms with Gasteiger partial charge in [0.25, 0.3) is 0 Å². The lowest BCUT2D eigenvalue weighted by atomic mass is 9.89. The molecule has 0 amide bonds. The molecule has 0 spiro atoms. The topological polar surface area (TPSA) is 12.0 Å². The summed E-state index contributed by atoms with van der Waals surface area (Å²) in [6.45, 7) is 5.34. The average Bonchev–Trinajstić information content (AvgIpc) is 2.79. The van der Waals surface area contributed by atoms with Crippen LogP contribution in [0, 0.1) is 23.5 Å². The molecule has 1 N–H and O–H groups in total. The fraction of sp³-hybridized carbons (Fsp3) is 0.625. The second-order valence-corrected chi connectivity index (χ2v) is 5.97. The lowest BCUT2D eigenvalue weighted by Gasteiger charge is -2.21. The Bertz CT molecular complexity index is 417. The van der Waals surface area contributed by atoms with Crippen LogP contribution in [0.15, 0.2) is 18.2 Å². The van der Waals surface area contributed by atoms with E-state index in [1.165, 1.54) is 31.4 Å². The molecule has 0 bridgehead atoms. The molecule has 19 heavy (non-hydrogen) atoms. The van der Waals surface area contributed by atoms with Gasteiger partial charge in [-0.05, 0) is 55.3 Å². The van der Waals surface area contributed by atoms with Crippen molar-refractivity contribution in [3.8, 4) is 0 Å². The van der Waals surface area contributed by atoms with Gasteiger partial charge in [-0.2, -0.15) is 0 Å². The van der Waals surface area contributed by atoms with Gasteiger partial charge in [0.05, 0.1) is 0 Å². The molecule has 0 aromatic heterocycles. The predicted molar refractivity (Wildman–Crippen MR) is 74.0 cm³/mol. The van der Waals surface area contributed by atoms with Gasteiger partial charge in [-0.15, -0.1) is 0 Å². The predicted octanol–water partition coefficient (Wildman–Crippen LogP) is 3.92. The lowest BCUT2D eigenvalue weighted by Crippen LogP contribution is -2.31. The Kier molecular flexibility index (Phi) is 4.92. The number of halogens is 2. The van der Waals surface area contributed by atoms with Crippen LogP contribution in [0.3, 0.4) is 0 Å². The molecular formula is C16H23F2N. The minimum atomic E-state index is -0.756. The second kappa shape index (κ2) is 6.47. The molecule has 1 aromatic carbocycles. The van der Waals surface area contributed by atoms with Gasteiger partial charge in [0.1, 0.15) is 0 Å². The summed E-state index contributed by atoms with van der Waals surface area (Å²) in [6.07, 6.45) is 4.55. The van der Waals surface area contributed by atoms with Crippen molar-refractivity contribution in [1.29, 1.82) is 0 Å². The Morgan fingerprint density at radius 1 is 1.16 bits per heavy atom. The quantitative estimate of drug-likeness (QED) is 0.852. The molecule has 1 saturated carbocycles. The second-order valence-electron chi connectivity index (χ2n) is 5.97. The van der Waals surface area contributed by atoms with Crippen LogP contribution in [0.5, 0.6) is 0 Å². The van der Waals surface area contributed by atoms with Gasteiger partial charge in [0.15, 0.2) is 11.6 Å². The van der Waals surface area contributed by atoms with Gasteiger partial charge in [0.2, 0.25) is 0 Å². The fourth-order valence-electron chi connectivity index (χ4n) is 3.01. The monoisotopic (exact) mass is 267 g/mol. The molecule has 0 saturated heterocycles. The molecule has 0 radical (unpaired) electrons. The van der Waals surface area contributed by atoms with Crippen molar-refractivity contribution in [3.05, 3.63) is 35.4 Å². The van der Waals surface area contributed by atoms with Crippen molar-refractivity contribution < 1.29 is 8.78 Å². The summed E-state index contributed by atoms with van der Waals surface area (Å²) >= 11 is 0. The molecule has 2 atom stereocenters. The van der Waals surface area contributed by atoms with E-state index in [9.17, 15) is 8.78 Å². The standard InChI is InChI=1S/C16H23F2N/c1-11(2)19-10-14-5-3-4-13(14)8-12-6-7-15(17)16(18)9-12/h6-7,9,11,13-14,19H,3-5,8,10H2,1-2H3. The van der Waals surface area contributed by atoms with Crippen molar-refractivity contribution in [2.75, 3.05) is 6.54 Å². The summed E-state index contributed by atoms with van der Waals surface area (Å²) in [5, 5.41) is 3.49. The first-order valence-corrected chi connectivity index (χ1v) is 7.23. The fourth-order valence-corrected chi connectivity index (χ4v) is 3.01. The Hall–Kier alpha value is -0.960. The van der Waals surface area contributed by atoms with E-state index in [0.29, 0.717) is 17.9 Å².